The maximum absolute atomic E-state index is 2.72. The summed E-state index contributed by atoms with van der Waals surface area (Å²) in [4.78, 5) is 2.72. The van der Waals surface area contributed by atoms with E-state index in [4.69, 9.17) is 0 Å². The Labute approximate surface area is 99.0 Å². The first kappa shape index (κ1) is 12.5. The second kappa shape index (κ2) is 6.12. The van der Waals surface area contributed by atoms with Gasteiger partial charge in [-0.3, -0.25) is 0 Å². The van der Waals surface area contributed by atoms with Crippen LogP contribution >= 0.6 is 17.0 Å². The van der Waals surface area contributed by atoms with Crippen molar-refractivity contribution >= 4 is 17.0 Å². The smallest absolute Gasteiger partial charge is 0.000988 e. The highest BCUT2D eigenvalue weighted by Crippen LogP contribution is 2.34. The van der Waals surface area contributed by atoms with E-state index in [0.29, 0.717) is 0 Å². The van der Waals surface area contributed by atoms with Gasteiger partial charge in [0.05, 0.1) is 0 Å². The summed E-state index contributed by atoms with van der Waals surface area (Å²) in [5.41, 5.74) is 0. The fourth-order valence-corrected chi connectivity index (χ4v) is 3.10. The molecule has 84 valence electrons. The quantitative estimate of drug-likeness (QED) is 0.752. The van der Waals surface area contributed by atoms with Gasteiger partial charge in [-0.05, 0) is 44.1 Å². The first-order valence-corrected chi connectivity index (χ1v) is 6.11. The molecule has 2 bridgehead atoms. The lowest BCUT2D eigenvalue weighted by atomic mass is 9.78. The van der Waals surface area contributed by atoms with Gasteiger partial charge in [0.2, 0.25) is 0 Å². The number of hydrogen-bond donors (Lipinski definition) is 0. The van der Waals surface area contributed by atoms with Crippen LogP contribution < -0.4 is 0 Å². The van der Waals surface area contributed by atoms with E-state index in [0.717, 1.165) is 11.8 Å². The fourth-order valence-electron chi connectivity index (χ4n) is 3.10. The van der Waals surface area contributed by atoms with E-state index in [9.17, 15) is 0 Å². The van der Waals surface area contributed by atoms with Gasteiger partial charge in [0.15, 0.2) is 0 Å². The molecule has 1 nitrogen and oxygen atoms in total. The van der Waals surface area contributed by atoms with Gasteiger partial charge in [-0.25, -0.2) is 0 Å². The van der Waals surface area contributed by atoms with Crippen LogP contribution in [0, 0.1) is 11.8 Å². The molecule has 0 N–H and O–H groups in total. The van der Waals surface area contributed by atoms with Gasteiger partial charge in [-0.1, -0.05) is 19.8 Å². The molecule has 2 heteroatoms. The average molecular weight is 262 g/mol. The van der Waals surface area contributed by atoms with Gasteiger partial charge in [0, 0.05) is 13.1 Å². The summed E-state index contributed by atoms with van der Waals surface area (Å²) in [5, 5.41) is 0. The minimum atomic E-state index is 0. The molecule has 0 amide bonds. The summed E-state index contributed by atoms with van der Waals surface area (Å²) in [5.74, 6) is 2.12. The van der Waals surface area contributed by atoms with E-state index >= 15 is 0 Å². The molecule has 2 atom stereocenters. The van der Waals surface area contributed by atoms with Crippen LogP contribution in [0.5, 0.6) is 0 Å². The summed E-state index contributed by atoms with van der Waals surface area (Å²) in [6.45, 7) is 6.49. The minimum Gasteiger partial charge on any atom is -0.303 e. The Kier molecular flexibility index (Phi) is 5.47. The van der Waals surface area contributed by atoms with E-state index in [2.05, 4.69) is 11.8 Å². The van der Waals surface area contributed by atoms with Crippen LogP contribution in [0.2, 0.25) is 0 Å². The second-order valence-corrected chi connectivity index (χ2v) is 5.01. The van der Waals surface area contributed by atoms with E-state index < -0.39 is 0 Å². The van der Waals surface area contributed by atoms with Gasteiger partial charge < -0.3 is 4.90 Å². The maximum atomic E-state index is 2.72. The fraction of sp³-hybridized carbons (Fsp3) is 1.00. The van der Waals surface area contributed by atoms with E-state index in [1.807, 2.05) is 0 Å². The zero-order chi connectivity index (χ0) is 9.10. The number of rotatable bonds is 3. The highest BCUT2D eigenvalue weighted by Gasteiger charge is 2.29. The van der Waals surface area contributed by atoms with Crippen LogP contribution in [0.3, 0.4) is 0 Å². The van der Waals surface area contributed by atoms with Crippen molar-refractivity contribution < 1.29 is 0 Å². The topological polar surface area (TPSA) is 3.24 Å². The number of fused-ring (bicyclic) bond motifs is 2. The van der Waals surface area contributed by atoms with Crippen LogP contribution in [0.4, 0.5) is 0 Å². The molecule has 1 aliphatic carbocycles. The predicted octanol–water partition coefficient (Wildman–Crippen LogP) is 3.49. The molecule has 14 heavy (non-hydrogen) atoms. The molecule has 2 aliphatic rings. The Balaban J connectivity index is 0.000000980. The molecule has 2 unspecified atom stereocenters. The van der Waals surface area contributed by atoms with Gasteiger partial charge in [-0.15, -0.1) is 17.0 Å². The molecule has 0 radical (unpaired) electrons. The van der Waals surface area contributed by atoms with Crippen LogP contribution in [-0.4, -0.2) is 24.5 Å². The number of hydrogen-bond acceptors (Lipinski definition) is 1. The summed E-state index contributed by atoms with van der Waals surface area (Å²) in [6.07, 6.45) is 8.84. The third kappa shape index (κ3) is 3.23. The molecular weight excluding hydrogens is 238 g/mol. The van der Waals surface area contributed by atoms with Crippen LogP contribution in [-0.2, 0) is 0 Å². The van der Waals surface area contributed by atoms with Gasteiger partial charge in [-0.2, -0.15) is 0 Å². The summed E-state index contributed by atoms with van der Waals surface area (Å²) < 4.78 is 0. The molecule has 0 aromatic rings. The van der Waals surface area contributed by atoms with E-state index in [1.54, 1.807) is 6.42 Å². The Morgan fingerprint density at radius 1 is 1.14 bits per heavy atom. The first-order valence-electron chi connectivity index (χ1n) is 6.11. The monoisotopic (exact) mass is 261 g/mol. The first-order chi connectivity index (χ1) is 6.38. The number of piperidine rings is 1. The molecule has 2 rings (SSSR count). The van der Waals surface area contributed by atoms with Crippen LogP contribution in [0.15, 0.2) is 0 Å². The van der Waals surface area contributed by atoms with Crippen molar-refractivity contribution in [2.75, 3.05) is 19.6 Å². The number of halogens is 1. The maximum Gasteiger partial charge on any atom is 0.000988 e. The normalized spacial score (nSPS) is 32.4. The average Bonchev–Trinajstić information content (AvgIpc) is 2.14. The molecule has 0 aromatic heterocycles. The highest BCUT2D eigenvalue weighted by atomic mass is 79.9. The molecule has 1 saturated carbocycles. The zero-order valence-corrected chi connectivity index (χ0v) is 11.1. The molecule has 1 aliphatic heterocycles. The van der Waals surface area contributed by atoms with Crippen molar-refractivity contribution in [1.29, 1.82) is 0 Å². The van der Waals surface area contributed by atoms with Crippen molar-refractivity contribution in [2.45, 2.75) is 45.4 Å². The third-order valence-corrected chi connectivity index (χ3v) is 3.75. The Bertz CT molecular complexity index is 148. The molecule has 1 heterocycles. The van der Waals surface area contributed by atoms with E-state index in [-0.39, 0.29) is 17.0 Å². The van der Waals surface area contributed by atoms with Crippen molar-refractivity contribution in [1.82, 2.24) is 4.90 Å². The molecule has 1 saturated heterocycles. The summed E-state index contributed by atoms with van der Waals surface area (Å²) >= 11 is 0. The van der Waals surface area contributed by atoms with Gasteiger partial charge >= 0.3 is 0 Å². The number of nitrogens with zero attached hydrogens (tertiary/aromatic N) is 1. The zero-order valence-electron chi connectivity index (χ0n) is 9.37. The number of likely N-dealkylation sites (tertiary alicyclic amines) is 1. The molecule has 0 aromatic carbocycles. The lowest BCUT2D eigenvalue weighted by molar-refractivity contribution is 0.0852. The molecule has 0 spiro atoms. The third-order valence-electron chi connectivity index (χ3n) is 3.75. The van der Waals surface area contributed by atoms with Crippen LogP contribution in [0.25, 0.3) is 0 Å². The SMILES string of the molecule is Br.CCCCN1CC2CCCC(C2)C1. The lowest BCUT2D eigenvalue weighted by Crippen LogP contribution is -2.42. The number of unbranched alkanes of at least 4 members (excludes halogenated alkanes) is 1. The summed E-state index contributed by atoms with van der Waals surface area (Å²) in [6, 6.07) is 0. The summed E-state index contributed by atoms with van der Waals surface area (Å²) in [7, 11) is 0. The van der Waals surface area contributed by atoms with Crippen molar-refractivity contribution in [3.05, 3.63) is 0 Å². The van der Waals surface area contributed by atoms with Crippen molar-refractivity contribution in [2.24, 2.45) is 11.8 Å². The Morgan fingerprint density at radius 2 is 1.79 bits per heavy atom. The lowest BCUT2D eigenvalue weighted by Gasteiger charge is -2.41. The van der Waals surface area contributed by atoms with Crippen molar-refractivity contribution in [3.63, 3.8) is 0 Å². The Morgan fingerprint density at radius 3 is 2.36 bits per heavy atom. The predicted molar refractivity (Wildman–Crippen MR) is 67.1 cm³/mol. The Hall–Kier alpha value is 0.440. The van der Waals surface area contributed by atoms with E-state index in [1.165, 1.54) is 51.7 Å². The highest BCUT2D eigenvalue weighted by molar-refractivity contribution is 8.93. The second-order valence-electron chi connectivity index (χ2n) is 5.01. The largest absolute Gasteiger partial charge is 0.303 e. The molecule has 2 fully saturated rings. The van der Waals surface area contributed by atoms with Crippen LogP contribution in [0.1, 0.15) is 45.4 Å². The van der Waals surface area contributed by atoms with Crippen molar-refractivity contribution in [3.8, 4) is 0 Å². The minimum absolute atomic E-state index is 0. The van der Waals surface area contributed by atoms with Gasteiger partial charge in [0.1, 0.15) is 0 Å². The standard InChI is InChI=1S/C12H23N.BrH/c1-2-3-7-13-9-11-5-4-6-12(8-11)10-13;/h11-12H,2-10H2,1H3;1H. The molecular formula is C12H24BrN. The van der Waals surface area contributed by atoms with Gasteiger partial charge in [0.25, 0.3) is 0 Å².